The first kappa shape index (κ1) is 14.8. The van der Waals surface area contributed by atoms with Crippen LogP contribution in [0.3, 0.4) is 0 Å². The average Bonchev–Trinajstić information content (AvgIpc) is 2.81. The molecular weight excluding hydrogens is 274 g/mol. The van der Waals surface area contributed by atoms with E-state index in [1.165, 1.54) is 11.8 Å². The number of carbonyl (C=O) groups is 3. The smallest absolute Gasteiger partial charge is 0.409 e. The highest BCUT2D eigenvalue weighted by atomic mass is 16.6. The minimum Gasteiger partial charge on any atom is -0.448 e. The molecule has 2 N–H and O–H groups in total. The van der Waals surface area contributed by atoms with Crippen LogP contribution in [0.5, 0.6) is 0 Å². The second-order valence-corrected chi connectivity index (χ2v) is 4.66. The van der Waals surface area contributed by atoms with Gasteiger partial charge in [-0.3, -0.25) is 9.59 Å². The highest BCUT2D eigenvalue weighted by Crippen LogP contribution is 2.15. The third kappa shape index (κ3) is 4.48. The molecule has 3 amide bonds. The van der Waals surface area contributed by atoms with Crippen molar-refractivity contribution in [1.82, 2.24) is 4.90 Å². The van der Waals surface area contributed by atoms with Gasteiger partial charge in [0, 0.05) is 31.3 Å². The van der Waals surface area contributed by atoms with E-state index < -0.39 is 0 Å². The predicted molar refractivity (Wildman–Crippen MR) is 76.9 cm³/mol. The first-order valence-corrected chi connectivity index (χ1v) is 6.64. The minimum absolute atomic E-state index is 0.175. The van der Waals surface area contributed by atoms with Gasteiger partial charge in [0.2, 0.25) is 11.8 Å². The summed E-state index contributed by atoms with van der Waals surface area (Å²) in [5.41, 5.74) is 1.21. The number of rotatable bonds is 5. The molecule has 0 unspecified atom stereocenters. The van der Waals surface area contributed by atoms with Crippen LogP contribution in [0.1, 0.15) is 13.3 Å². The molecule has 0 aromatic heterocycles. The van der Waals surface area contributed by atoms with E-state index in [1.54, 1.807) is 24.3 Å². The Bertz CT molecular complexity index is 559. The molecule has 0 atom stereocenters. The molecule has 0 radical (unpaired) electrons. The van der Waals surface area contributed by atoms with Crippen LogP contribution >= 0.6 is 0 Å². The van der Waals surface area contributed by atoms with Crippen LogP contribution in [0.15, 0.2) is 24.3 Å². The van der Waals surface area contributed by atoms with Crippen molar-refractivity contribution in [2.45, 2.75) is 13.3 Å². The van der Waals surface area contributed by atoms with Gasteiger partial charge in [-0.25, -0.2) is 4.79 Å². The van der Waals surface area contributed by atoms with E-state index >= 15 is 0 Å². The topological polar surface area (TPSA) is 87.7 Å². The van der Waals surface area contributed by atoms with Crippen LogP contribution in [-0.4, -0.2) is 42.5 Å². The zero-order valence-electron chi connectivity index (χ0n) is 11.7. The Kier molecular flexibility index (Phi) is 4.76. The average molecular weight is 291 g/mol. The molecule has 21 heavy (non-hydrogen) atoms. The van der Waals surface area contributed by atoms with E-state index in [2.05, 4.69) is 10.6 Å². The lowest BCUT2D eigenvalue weighted by molar-refractivity contribution is -0.116. The number of ether oxygens (including phenoxy) is 1. The van der Waals surface area contributed by atoms with Crippen molar-refractivity contribution in [3.05, 3.63) is 24.3 Å². The minimum atomic E-state index is -0.379. The number of benzene rings is 1. The number of nitrogens with zero attached hydrogens (tertiary/aromatic N) is 1. The van der Waals surface area contributed by atoms with Crippen LogP contribution < -0.4 is 10.6 Å². The van der Waals surface area contributed by atoms with E-state index in [0.717, 1.165) is 0 Å². The van der Waals surface area contributed by atoms with Gasteiger partial charge in [0.05, 0.1) is 6.54 Å². The number of hydrogen-bond donors (Lipinski definition) is 2. The molecular formula is C14H17N3O4. The Morgan fingerprint density at radius 1 is 1.29 bits per heavy atom. The van der Waals surface area contributed by atoms with E-state index in [4.69, 9.17) is 4.74 Å². The quantitative estimate of drug-likeness (QED) is 0.859. The first-order chi connectivity index (χ1) is 10.0. The molecule has 1 aromatic rings. The third-order valence-corrected chi connectivity index (χ3v) is 2.92. The maximum absolute atomic E-state index is 11.8. The van der Waals surface area contributed by atoms with Gasteiger partial charge < -0.3 is 20.3 Å². The molecule has 1 fully saturated rings. The van der Waals surface area contributed by atoms with Gasteiger partial charge in [0.1, 0.15) is 6.61 Å². The molecule has 112 valence electrons. The number of anilines is 2. The Balaban J connectivity index is 1.84. The van der Waals surface area contributed by atoms with Crippen LogP contribution in [0.25, 0.3) is 0 Å². The van der Waals surface area contributed by atoms with Gasteiger partial charge in [-0.05, 0) is 18.2 Å². The Labute approximate surface area is 122 Å². The predicted octanol–water partition coefficient (Wildman–Crippen LogP) is 1.43. The summed E-state index contributed by atoms with van der Waals surface area (Å²) in [5, 5.41) is 5.37. The summed E-state index contributed by atoms with van der Waals surface area (Å²) < 4.78 is 4.78. The molecule has 7 nitrogen and oxygen atoms in total. The fraction of sp³-hybridized carbons (Fsp3) is 0.357. The summed E-state index contributed by atoms with van der Waals surface area (Å²) in [6.45, 7) is 2.64. The zero-order chi connectivity index (χ0) is 15.2. The second-order valence-electron chi connectivity index (χ2n) is 4.66. The molecule has 1 aliphatic rings. The first-order valence-electron chi connectivity index (χ1n) is 6.64. The normalized spacial score (nSPS) is 13.8. The molecule has 1 aliphatic heterocycles. The van der Waals surface area contributed by atoms with E-state index in [-0.39, 0.29) is 24.3 Å². The van der Waals surface area contributed by atoms with Gasteiger partial charge in [-0.1, -0.05) is 6.07 Å². The fourth-order valence-corrected chi connectivity index (χ4v) is 1.97. The lowest BCUT2D eigenvalue weighted by Crippen LogP contribution is -2.28. The monoisotopic (exact) mass is 291 g/mol. The molecule has 0 spiro atoms. The van der Waals surface area contributed by atoms with Crippen LogP contribution in [0.2, 0.25) is 0 Å². The molecule has 1 aromatic carbocycles. The SMILES string of the molecule is CC(=O)Nc1cccc(NC(=O)CCN2CCOC2=O)c1. The van der Waals surface area contributed by atoms with Gasteiger partial charge in [-0.2, -0.15) is 0 Å². The van der Waals surface area contributed by atoms with Gasteiger partial charge in [0.15, 0.2) is 0 Å². The maximum atomic E-state index is 11.8. The molecule has 7 heteroatoms. The van der Waals surface area contributed by atoms with Crippen LogP contribution in [-0.2, 0) is 14.3 Å². The van der Waals surface area contributed by atoms with Crippen molar-refractivity contribution in [2.24, 2.45) is 0 Å². The van der Waals surface area contributed by atoms with Crippen LogP contribution in [0, 0.1) is 0 Å². The molecule has 2 rings (SSSR count). The van der Waals surface area contributed by atoms with Crippen molar-refractivity contribution in [1.29, 1.82) is 0 Å². The summed E-state index contributed by atoms with van der Waals surface area (Å²) in [7, 11) is 0. The van der Waals surface area contributed by atoms with E-state index in [1.807, 2.05) is 0 Å². The fourth-order valence-electron chi connectivity index (χ4n) is 1.97. The molecule has 0 bridgehead atoms. The van der Waals surface area contributed by atoms with E-state index in [0.29, 0.717) is 31.1 Å². The summed E-state index contributed by atoms with van der Waals surface area (Å²) in [6.07, 6.45) is -0.185. The highest BCUT2D eigenvalue weighted by Gasteiger charge is 2.22. The second kappa shape index (κ2) is 6.74. The van der Waals surface area contributed by atoms with E-state index in [9.17, 15) is 14.4 Å². The summed E-state index contributed by atoms with van der Waals surface area (Å²) in [4.78, 5) is 35.5. The van der Waals surface area contributed by atoms with Crippen molar-refractivity contribution >= 4 is 29.3 Å². The number of amides is 3. The molecule has 0 aliphatic carbocycles. The molecule has 0 saturated carbocycles. The maximum Gasteiger partial charge on any atom is 0.409 e. The number of hydrogen-bond acceptors (Lipinski definition) is 4. The molecule has 1 heterocycles. The largest absolute Gasteiger partial charge is 0.448 e. The van der Waals surface area contributed by atoms with Gasteiger partial charge in [0.25, 0.3) is 0 Å². The van der Waals surface area contributed by atoms with Crippen LogP contribution in [0.4, 0.5) is 16.2 Å². The summed E-state index contributed by atoms with van der Waals surface area (Å²) >= 11 is 0. The lowest BCUT2D eigenvalue weighted by Gasteiger charge is -2.12. The lowest BCUT2D eigenvalue weighted by atomic mass is 10.2. The zero-order valence-corrected chi connectivity index (χ0v) is 11.7. The van der Waals surface area contributed by atoms with Crippen molar-refractivity contribution in [3.8, 4) is 0 Å². The highest BCUT2D eigenvalue weighted by molar-refractivity contribution is 5.93. The van der Waals surface area contributed by atoms with Crippen molar-refractivity contribution in [2.75, 3.05) is 30.3 Å². The molecule has 1 saturated heterocycles. The third-order valence-electron chi connectivity index (χ3n) is 2.92. The summed E-state index contributed by atoms with van der Waals surface area (Å²) in [6, 6.07) is 6.87. The number of cyclic esters (lactones) is 1. The number of nitrogens with one attached hydrogen (secondary N) is 2. The Hall–Kier alpha value is -2.57. The Morgan fingerprint density at radius 2 is 2.00 bits per heavy atom. The van der Waals surface area contributed by atoms with Gasteiger partial charge >= 0.3 is 6.09 Å². The standard InChI is InChI=1S/C14H17N3O4/c1-10(18)15-11-3-2-4-12(9-11)16-13(19)5-6-17-7-8-21-14(17)20/h2-4,9H,5-8H2,1H3,(H,15,18)(H,16,19). The van der Waals surface area contributed by atoms with Crippen molar-refractivity contribution < 1.29 is 19.1 Å². The number of carbonyl (C=O) groups excluding carboxylic acids is 3. The Morgan fingerprint density at radius 3 is 2.62 bits per heavy atom. The van der Waals surface area contributed by atoms with Gasteiger partial charge in [-0.15, -0.1) is 0 Å². The van der Waals surface area contributed by atoms with Crippen molar-refractivity contribution in [3.63, 3.8) is 0 Å². The summed E-state index contributed by atoms with van der Waals surface area (Å²) in [5.74, 6) is -0.374.